The zero-order chi connectivity index (χ0) is 24.6. The van der Waals surface area contributed by atoms with Crippen LogP contribution in [0, 0.1) is 17.1 Å². The first kappa shape index (κ1) is 23.1. The molecule has 4 aromatic rings. The van der Waals surface area contributed by atoms with Crippen LogP contribution in [-0.2, 0) is 15.1 Å². The van der Waals surface area contributed by atoms with Crippen molar-refractivity contribution >= 4 is 34.8 Å². The molecule has 1 heterocycles. The van der Waals surface area contributed by atoms with Crippen LogP contribution < -0.4 is 5.32 Å². The number of carbonyl (C=O) groups is 1. The highest BCUT2D eigenvalue weighted by molar-refractivity contribution is 6.31. The van der Waals surface area contributed by atoms with Crippen molar-refractivity contribution < 1.29 is 13.9 Å². The van der Waals surface area contributed by atoms with Crippen LogP contribution in [0.5, 0.6) is 0 Å². The van der Waals surface area contributed by atoms with Gasteiger partial charge in [-0.15, -0.1) is 0 Å². The third-order valence-corrected chi connectivity index (χ3v) is 6.39. The van der Waals surface area contributed by atoms with E-state index in [1.807, 2.05) is 36.4 Å². The van der Waals surface area contributed by atoms with Gasteiger partial charge in [-0.05, 0) is 76.9 Å². The summed E-state index contributed by atoms with van der Waals surface area (Å²) in [7, 11) is 0. The average Bonchev–Trinajstić information content (AvgIpc) is 2.99. The number of amides is 1. The Labute approximate surface area is 211 Å². The monoisotopic (exact) mass is 502 g/mol. The third kappa shape index (κ3) is 4.28. The van der Waals surface area contributed by atoms with Crippen LogP contribution in [0.25, 0.3) is 11.1 Å². The Morgan fingerprint density at radius 2 is 1.57 bits per heavy atom. The lowest BCUT2D eigenvalue weighted by Crippen LogP contribution is -2.33. The van der Waals surface area contributed by atoms with Gasteiger partial charge in [0.25, 0.3) is 0 Å². The summed E-state index contributed by atoms with van der Waals surface area (Å²) in [6, 6.07) is 25.9. The van der Waals surface area contributed by atoms with Crippen molar-refractivity contribution in [3.8, 4) is 17.2 Å². The number of hydrogen-bond donors (Lipinski definition) is 1. The summed E-state index contributed by atoms with van der Waals surface area (Å²) in [4.78, 5) is 12.6. The van der Waals surface area contributed by atoms with Crippen molar-refractivity contribution in [2.24, 2.45) is 0 Å². The summed E-state index contributed by atoms with van der Waals surface area (Å²) in [6.07, 6.45) is 0. The second-order valence-corrected chi connectivity index (χ2v) is 9.01. The van der Waals surface area contributed by atoms with E-state index in [4.69, 9.17) is 27.9 Å². The second-order valence-electron chi connectivity index (χ2n) is 8.14. The fourth-order valence-electron chi connectivity index (χ4n) is 4.44. The number of nitriles is 1. The largest absolute Gasteiger partial charge is 0.351 e. The minimum absolute atomic E-state index is 0.204. The molecule has 4 nitrogen and oxygen atoms in total. The molecule has 35 heavy (non-hydrogen) atoms. The van der Waals surface area contributed by atoms with Gasteiger partial charge in [0.15, 0.2) is 0 Å². The smallest absolute Gasteiger partial charge is 0.250 e. The first-order valence-corrected chi connectivity index (χ1v) is 11.5. The normalized spacial score (nSPS) is 14.4. The minimum Gasteiger partial charge on any atom is -0.351 e. The van der Waals surface area contributed by atoms with Gasteiger partial charge in [-0.3, -0.25) is 4.79 Å². The Hall–Kier alpha value is -3.69. The molecule has 0 spiro atoms. The molecule has 1 aliphatic rings. The molecular formula is C28H17Cl2FN2O2. The fraction of sp³-hybridized carbons (Fsp3) is 0.0714. The SMILES string of the molecule is N#Cc1cc(F)cc(-c2ccc3c(c2)C(c2cccc(Cl)c2)(c2cccc(Cl)c2)OCC(=O)N3)c1. The maximum absolute atomic E-state index is 14.3. The number of benzene rings is 4. The number of ether oxygens (including phenoxy) is 1. The summed E-state index contributed by atoms with van der Waals surface area (Å²) >= 11 is 12.8. The molecule has 0 atom stereocenters. The van der Waals surface area contributed by atoms with Gasteiger partial charge < -0.3 is 10.1 Å². The summed E-state index contributed by atoms with van der Waals surface area (Å²) in [5.74, 6) is -0.836. The molecule has 0 fully saturated rings. The molecule has 0 aliphatic carbocycles. The van der Waals surface area contributed by atoms with E-state index in [-0.39, 0.29) is 18.1 Å². The van der Waals surface area contributed by atoms with Gasteiger partial charge in [-0.1, -0.05) is 53.5 Å². The number of nitrogens with one attached hydrogen (secondary N) is 1. The Kier molecular flexibility index (Phi) is 6.04. The van der Waals surface area contributed by atoms with Gasteiger partial charge in [-0.25, -0.2) is 4.39 Å². The Morgan fingerprint density at radius 3 is 2.20 bits per heavy atom. The van der Waals surface area contributed by atoms with Crippen LogP contribution in [-0.4, -0.2) is 12.5 Å². The lowest BCUT2D eigenvalue weighted by atomic mass is 9.78. The lowest BCUT2D eigenvalue weighted by molar-refractivity contribution is -0.123. The topological polar surface area (TPSA) is 62.1 Å². The second kappa shape index (κ2) is 9.16. The van der Waals surface area contributed by atoms with E-state index < -0.39 is 11.4 Å². The van der Waals surface area contributed by atoms with Crippen LogP contribution in [0.3, 0.4) is 0 Å². The zero-order valence-electron chi connectivity index (χ0n) is 18.2. The van der Waals surface area contributed by atoms with E-state index in [1.54, 1.807) is 42.5 Å². The van der Waals surface area contributed by atoms with E-state index in [1.165, 1.54) is 12.1 Å². The van der Waals surface area contributed by atoms with Gasteiger partial charge in [0.2, 0.25) is 5.91 Å². The minimum atomic E-state index is -1.26. The molecule has 1 amide bonds. The predicted octanol–water partition coefficient (Wildman–Crippen LogP) is 6.93. The highest BCUT2D eigenvalue weighted by Crippen LogP contribution is 2.47. The molecule has 0 radical (unpaired) electrons. The van der Waals surface area contributed by atoms with Gasteiger partial charge in [0, 0.05) is 21.3 Å². The van der Waals surface area contributed by atoms with Crippen LogP contribution >= 0.6 is 23.2 Å². The quantitative estimate of drug-likeness (QED) is 0.330. The van der Waals surface area contributed by atoms with E-state index in [2.05, 4.69) is 5.32 Å². The molecule has 0 unspecified atom stereocenters. The number of halogens is 3. The van der Waals surface area contributed by atoms with Crippen LogP contribution in [0.4, 0.5) is 10.1 Å². The van der Waals surface area contributed by atoms with Crippen molar-refractivity contribution in [1.29, 1.82) is 5.26 Å². The molecule has 1 aliphatic heterocycles. The van der Waals surface area contributed by atoms with Crippen molar-refractivity contribution in [2.75, 3.05) is 11.9 Å². The maximum atomic E-state index is 14.3. The molecule has 5 rings (SSSR count). The first-order chi connectivity index (χ1) is 16.9. The standard InChI is InChI=1S/C28H17Cl2FN2O2/c29-22-5-1-3-20(13-22)28(21-4-2-6-23(30)14-21)25-12-18(7-8-26(25)33-27(34)16-35-28)19-9-17(15-32)10-24(31)11-19/h1-14H,16H2,(H,33,34). The number of rotatable bonds is 3. The van der Waals surface area contributed by atoms with Gasteiger partial charge >= 0.3 is 0 Å². The van der Waals surface area contributed by atoms with Gasteiger partial charge in [0.1, 0.15) is 18.0 Å². The number of hydrogen-bond acceptors (Lipinski definition) is 3. The highest BCUT2D eigenvalue weighted by Gasteiger charge is 2.42. The Bertz CT molecular complexity index is 1470. The molecule has 0 saturated heterocycles. The number of nitrogens with zero attached hydrogens (tertiary/aromatic N) is 1. The van der Waals surface area contributed by atoms with E-state index in [0.717, 1.165) is 0 Å². The van der Waals surface area contributed by atoms with Crippen LogP contribution in [0.15, 0.2) is 84.9 Å². The van der Waals surface area contributed by atoms with Gasteiger partial charge in [0.05, 0.1) is 11.6 Å². The van der Waals surface area contributed by atoms with Crippen molar-refractivity contribution in [1.82, 2.24) is 0 Å². The Balaban J connectivity index is 1.84. The number of anilines is 1. The average molecular weight is 503 g/mol. The van der Waals surface area contributed by atoms with Crippen molar-refractivity contribution in [2.45, 2.75) is 5.60 Å². The number of fused-ring (bicyclic) bond motifs is 1. The Morgan fingerprint density at radius 1 is 0.886 bits per heavy atom. The summed E-state index contributed by atoms with van der Waals surface area (Å²) in [5, 5.41) is 13.2. The highest BCUT2D eigenvalue weighted by atomic mass is 35.5. The molecule has 0 aromatic heterocycles. The number of carbonyl (C=O) groups excluding carboxylic acids is 1. The van der Waals surface area contributed by atoms with E-state index >= 15 is 0 Å². The van der Waals surface area contributed by atoms with E-state index in [9.17, 15) is 14.4 Å². The molecule has 1 N–H and O–H groups in total. The molecule has 0 saturated carbocycles. The summed E-state index contributed by atoms with van der Waals surface area (Å²) in [5.41, 5.74) is 2.65. The van der Waals surface area contributed by atoms with Crippen molar-refractivity contribution in [3.63, 3.8) is 0 Å². The summed E-state index contributed by atoms with van der Waals surface area (Å²) < 4.78 is 20.7. The third-order valence-electron chi connectivity index (χ3n) is 5.92. The summed E-state index contributed by atoms with van der Waals surface area (Å²) in [6.45, 7) is -0.221. The molecular weight excluding hydrogens is 486 g/mol. The zero-order valence-corrected chi connectivity index (χ0v) is 19.7. The molecule has 0 bridgehead atoms. The predicted molar refractivity (Wildman–Crippen MR) is 134 cm³/mol. The lowest BCUT2D eigenvalue weighted by Gasteiger charge is -2.35. The molecule has 7 heteroatoms. The van der Waals surface area contributed by atoms with Crippen molar-refractivity contribution in [3.05, 3.63) is 123 Å². The van der Waals surface area contributed by atoms with E-state index in [0.29, 0.717) is 43.5 Å². The first-order valence-electron chi connectivity index (χ1n) is 10.7. The maximum Gasteiger partial charge on any atom is 0.250 e. The molecule has 172 valence electrons. The molecule has 4 aromatic carbocycles. The van der Waals surface area contributed by atoms with Crippen LogP contribution in [0.1, 0.15) is 22.3 Å². The van der Waals surface area contributed by atoms with Gasteiger partial charge in [-0.2, -0.15) is 5.26 Å². The van der Waals surface area contributed by atoms with Crippen LogP contribution in [0.2, 0.25) is 10.0 Å². The fourth-order valence-corrected chi connectivity index (χ4v) is 4.82.